The predicted molar refractivity (Wildman–Crippen MR) is 112 cm³/mol. The summed E-state index contributed by atoms with van der Waals surface area (Å²) in [4.78, 5) is 22.6. The van der Waals surface area contributed by atoms with Crippen molar-refractivity contribution in [1.29, 1.82) is 0 Å². The summed E-state index contributed by atoms with van der Waals surface area (Å²) in [6.45, 7) is -0.573. The number of aromatic carboxylic acids is 2. The van der Waals surface area contributed by atoms with Gasteiger partial charge in [-0.05, 0) is 35.9 Å². The summed E-state index contributed by atoms with van der Waals surface area (Å²) in [5.41, 5.74) is 0.363. The van der Waals surface area contributed by atoms with Crippen LogP contribution in [-0.4, -0.2) is 80.7 Å². The molecule has 2 aromatic carbocycles. The second-order valence-electron chi connectivity index (χ2n) is 7.37. The van der Waals surface area contributed by atoms with Crippen molar-refractivity contribution in [1.82, 2.24) is 0 Å². The number of rotatable bonds is 5. The Labute approximate surface area is 188 Å². The van der Waals surface area contributed by atoms with E-state index in [1.807, 2.05) is 0 Å². The largest absolute Gasteiger partial charge is 0.495 e. The molecule has 1 fully saturated rings. The molecule has 3 rings (SSSR count). The molecule has 0 aliphatic carbocycles. The molecule has 5 atom stereocenters. The number of hydrogen-bond acceptors (Lipinski definition) is 8. The van der Waals surface area contributed by atoms with E-state index in [0.717, 1.165) is 6.07 Å². The van der Waals surface area contributed by atoms with E-state index in [4.69, 9.17) is 9.47 Å². The quantitative estimate of drug-likeness (QED) is 0.335. The number of ether oxygens (including phenoxy) is 2. The molecule has 0 saturated carbocycles. The average Bonchev–Trinajstić information content (AvgIpc) is 2.81. The number of aliphatic hydroxyl groups excluding tert-OH is 4. The van der Waals surface area contributed by atoms with Crippen LogP contribution < -0.4 is 4.74 Å². The van der Waals surface area contributed by atoms with Crippen LogP contribution in [-0.2, 0) is 4.74 Å². The topological polar surface area (TPSA) is 174 Å². The van der Waals surface area contributed by atoms with E-state index >= 15 is 0 Å². The maximum atomic E-state index is 11.3. The second kappa shape index (κ2) is 9.99. The lowest BCUT2D eigenvalue weighted by Gasteiger charge is -2.40. The highest BCUT2D eigenvalue weighted by molar-refractivity contribution is 5.94. The molecule has 174 valence electrons. The lowest BCUT2D eigenvalue weighted by molar-refractivity contribution is -0.231. The summed E-state index contributed by atoms with van der Waals surface area (Å²) in [6.07, 6.45) is -6.70. The predicted octanol–water partition coefficient (Wildman–Crippen LogP) is 0.00630. The van der Waals surface area contributed by atoms with Crippen molar-refractivity contribution in [3.05, 3.63) is 64.2 Å². The van der Waals surface area contributed by atoms with Gasteiger partial charge in [0.25, 0.3) is 0 Å². The fourth-order valence-corrected chi connectivity index (χ4v) is 3.46. The minimum Gasteiger partial charge on any atom is -0.495 e. The van der Waals surface area contributed by atoms with Gasteiger partial charge >= 0.3 is 11.9 Å². The summed E-state index contributed by atoms with van der Waals surface area (Å²) in [5, 5.41) is 58.2. The van der Waals surface area contributed by atoms with Crippen LogP contribution in [0.1, 0.15) is 43.5 Å². The van der Waals surface area contributed by atoms with Crippen LogP contribution in [0.4, 0.5) is 0 Å². The average molecular weight is 458 g/mol. The molecule has 0 aromatic heterocycles. The third kappa shape index (κ3) is 5.14. The Morgan fingerprint density at radius 2 is 1.58 bits per heavy atom. The number of carboxylic acids is 2. The van der Waals surface area contributed by atoms with Crippen LogP contribution in [0.3, 0.4) is 0 Å². The lowest BCUT2D eigenvalue weighted by atomic mass is 9.90. The van der Waals surface area contributed by atoms with Crippen molar-refractivity contribution in [2.45, 2.75) is 30.5 Å². The molecule has 0 unspecified atom stereocenters. The molecule has 10 nitrogen and oxygen atoms in total. The zero-order chi connectivity index (χ0) is 24.3. The normalized spacial score (nSPS) is 24.5. The minimum absolute atomic E-state index is 0.146. The smallest absolute Gasteiger partial charge is 0.335 e. The molecule has 2 aromatic rings. The number of carbonyl (C=O) groups is 2. The first kappa shape index (κ1) is 24.2. The third-order valence-electron chi connectivity index (χ3n) is 5.21. The number of hydrogen-bond donors (Lipinski definition) is 6. The van der Waals surface area contributed by atoms with Crippen LogP contribution in [0.2, 0.25) is 0 Å². The molecule has 1 saturated heterocycles. The van der Waals surface area contributed by atoms with Crippen molar-refractivity contribution in [2.24, 2.45) is 0 Å². The third-order valence-corrected chi connectivity index (χ3v) is 5.21. The zero-order valence-corrected chi connectivity index (χ0v) is 17.4. The molecular formula is C23H22O10. The van der Waals surface area contributed by atoms with Gasteiger partial charge in [0.05, 0.1) is 30.4 Å². The van der Waals surface area contributed by atoms with E-state index in [9.17, 15) is 40.2 Å². The minimum atomic E-state index is -1.55. The van der Waals surface area contributed by atoms with Gasteiger partial charge < -0.3 is 40.1 Å². The number of methoxy groups -OCH3 is 1. The molecule has 0 radical (unpaired) electrons. The molecule has 1 aliphatic heterocycles. The fraction of sp³-hybridized carbons (Fsp3) is 0.304. The maximum absolute atomic E-state index is 11.3. The van der Waals surface area contributed by atoms with Gasteiger partial charge in [0.2, 0.25) is 0 Å². The molecule has 33 heavy (non-hydrogen) atoms. The molecule has 0 spiro atoms. The van der Waals surface area contributed by atoms with E-state index in [1.54, 1.807) is 6.07 Å². The Hall–Kier alpha value is -3.46. The van der Waals surface area contributed by atoms with Crippen molar-refractivity contribution < 1.29 is 49.7 Å². The van der Waals surface area contributed by atoms with Crippen LogP contribution >= 0.6 is 0 Å². The van der Waals surface area contributed by atoms with Crippen LogP contribution in [0.15, 0.2) is 36.4 Å². The number of carboxylic acid groups (broad SMARTS) is 2. The van der Waals surface area contributed by atoms with Gasteiger partial charge in [-0.2, -0.15) is 0 Å². The molecule has 0 bridgehead atoms. The Bertz CT molecular complexity index is 1080. The van der Waals surface area contributed by atoms with Gasteiger partial charge in [-0.3, -0.25) is 0 Å². The van der Waals surface area contributed by atoms with E-state index in [-0.39, 0.29) is 16.7 Å². The summed E-state index contributed by atoms with van der Waals surface area (Å²) in [6, 6.07) is 8.10. The maximum Gasteiger partial charge on any atom is 0.335 e. The van der Waals surface area contributed by atoms with Crippen molar-refractivity contribution in [3.63, 3.8) is 0 Å². The van der Waals surface area contributed by atoms with E-state index in [2.05, 4.69) is 11.8 Å². The van der Waals surface area contributed by atoms with Crippen molar-refractivity contribution >= 4 is 11.9 Å². The first-order valence-corrected chi connectivity index (χ1v) is 9.78. The van der Waals surface area contributed by atoms with Gasteiger partial charge in [0, 0.05) is 5.56 Å². The molecule has 0 amide bonds. The number of aliphatic hydroxyl groups is 4. The highest BCUT2D eigenvalue weighted by Gasteiger charge is 2.44. The van der Waals surface area contributed by atoms with Crippen molar-refractivity contribution in [3.8, 4) is 17.6 Å². The second-order valence-corrected chi connectivity index (χ2v) is 7.37. The number of benzene rings is 2. The standard InChI is InChI=1S/C23H22O10/c1-32-16-5-4-13(21-20(27)19(26)18(25)17(10-24)33-21)8-12(16)3-2-11-6-14(22(28)29)9-15(7-11)23(30)31/h4-9,17-21,24-27H,10H2,1H3,(H,28,29)(H,30,31)/t17-,18-,19+,20+,21-/m1/s1. The van der Waals surface area contributed by atoms with Crippen LogP contribution in [0, 0.1) is 11.8 Å². The van der Waals surface area contributed by atoms with Gasteiger partial charge in [0.1, 0.15) is 36.3 Å². The monoisotopic (exact) mass is 458 g/mol. The first-order valence-electron chi connectivity index (χ1n) is 9.78. The summed E-state index contributed by atoms with van der Waals surface area (Å²) in [7, 11) is 1.40. The Morgan fingerprint density at radius 1 is 0.939 bits per heavy atom. The Balaban J connectivity index is 2.01. The Kier molecular flexibility index (Phi) is 7.33. The summed E-state index contributed by atoms with van der Waals surface area (Å²) < 4.78 is 10.8. The molecular weight excluding hydrogens is 436 g/mol. The fourth-order valence-electron chi connectivity index (χ4n) is 3.46. The van der Waals surface area contributed by atoms with Gasteiger partial charge in [0.15, 0.2) is 0 Å². The van der Waals surface area contributed by atoms with Gasteiger partial charge in [-0.15, -0.1) is 0 Å². The van der Waals surface area contributed by atoms with Gasteiger partial charge in [-0.1, -0.05) is 17.9 Å². The Morgan fingerprint density at radius 3 is 2.12 bits per heavy atom. The summed E-state index contributed by atoms with van der Waals surface area (Å²) in [5.74, 6) is 3.24. The molecule has 1 heterocycles. The molecule has 6 N–H and O–H groups in total. The lowest BCUT2D eigenvalue weighted by Crippen LogP contribution is -2.55. The highest BCUT2D eigenvalue weighted by Crippen LogP contribution is 2.34. The van der Waals surface area contributed by atoms with Gasteiger partial charge in [-0.25, -0.2) is 9.59 Å². The SMILES string of the molecule is COc1ccc([C@H]2O[C@H](CO)[C@@H](O)[C@H](O)[C@@H]2O)cc1C#Cc1cc(C(=O)O)cc(C(=O)O)c1. The van der Waals surface area contributed by atoms with E-state index in [1.165, 1.54) is 31.4 Å². The first-order chi connectivity index (χ1) is 15.7. The highest BCUT2D eigenvalue weighted by atomic mass is 16.5. The van der Waals surface area contributed by atoms with Crippen molar-refractivity contribution in [2.75, 3.05) is 13.7 Å². The van der Waals surface area contributed by atoms with Crippen LogP contribution in [0.5, 0.6) is 5.75 Å². The molecule has 1 aliphatic rings. The summed E-state index contributed by atoms with van der Waals surface area (Å²) >= 11 is 0. The van der Waals surface area contributed by atoms with E-state index < -0.39 is 49.1 Å². The van der Waals surface area contributed by atoms with Crippen LogP contribution in [0.25, 0.3) is 0 Å². The van der Waals surface area contributed by atoms with E-state index in [0.29, 0.717) is 16.9 Å². The zero-order valence-electron chi connectivity index (χ0n) is 17.4. The molecule has 10 heteroatoms.